The van der Waals surface area contributed by atoms with Gasteiger partial charge in [0.05, 0.1) is 46.9 Å². The van der Waals surface area contributed by atoms with E-state index in [0.717, 1.165) is 42.7 Å². The fraction of sp³-hybridized carbons (Fsp3) is 0.520. The van der Waals surface area contributed by atoms with Gasteiger partial charge in [0.25, 0.3) is 0 Å². The summed E-state index contributed by atoms with van der Waals surface area (Å²) in [6.07, 6.45) is 4.58. The molecule has 3 rings (SSSR count). The number of ether oxygens (including phenoxy) is 2. The third-order valence-corrected chi connectivity index (χ3v) is 6.25. The van der Waals surface area contributed by atoms with E-state index in [4.69, 9.17) is 26.0 Å². The maximum Gasteiger partial charge on any atom is 0.316 e. The van der Waals surface area contributed by atoms with Crippen LogP contribution in [0.4, 0.5) is 5.69 Å². The zero-order valence-corrected chi connectivity index (χ0v) is 21.1. The molecule has 1 fully saturated rings. The van der Waals surface area contributed by atoms with Crippen molar-refractivity contribution >= 4 is 17.7 Å². The van der Waals surface area contributed by atoms with Crippen LogP contribution in [0.1, 0.15) is 56.6 Å². The quantitative estimate of drug-likeness (QED) is 0.278. The van der Waals surface area contributed by atoms with E-state index in [0.29, 0.717) is 42.6 Å². The van der Waals surface area contributed by atoms with Gasteiger partial charge in [0, 0.05) is 32.8 Å². The Morgan fingerprint density at radius 3 is 2.83 bits per heavy atom. The highest BCUT2D eigenvalue weighted by Crippen LogP contribution is 2.25. The Bertz CT molecular complexity index is 1030. The Balaban J connectivity index is 1.82. The first-order valence-corrected chi connectivity index (χ1v) is 12.1. The van der Waals surface area contributed by atoms with Crippen molar-refractivity contribution in [1.29, 1.82) is 0 Å². The van der Waals surface area contributed by atoms with E-state index in [1.807, 2.05) is 18.2 Å². The Hall–Kier alpha value is -3.24. The van der Waals surface area contributed by atoms with Crippen LogP contribution in [-0.4, -0.2) is 65.7 Å². The number of aldehydes is 1. The van der Waals surface area contributed by atoms with Gasteiger partial charge in [0.2, 0.25) is 0 Å². The van der Waals surface area contributed by atoms with Crippen LogP contribution < -0.4 is 21.2 Å². The summed E-state index contributed by atoms with van der Waals surface area (Å²) in [5, 5.41) is 1.43. The van der Waals surface area contributed by atoms with Crippen molar-refractivity contribution in [3.05, 3.63) is 47.2 Å². The minimum absolute atomic E-state index is 0.102. The number of rotatable bonds is 11. The molecule has 0 bridgehead atoms. The molecule has 0 aromatic carbocycles. The zero-order chi connectivity index (χ0) is 25.4. The van der Waals surface area contributed by atoms with Crippen molar-refractivity contribution in [2.24, 2.45) is 11.6 Å². The van der Waals surface area contributed by atoms with Crippen LogP contribution in [0.15, 0.2) is 30.1 Å². The van der Waals surface area contributed by atoms with Crippen LogP contribution in [-0.2, 0) is 16.0 Å². The molecule has 2 unspecified atom stereocenters. The minimum Gasteiger partial charge on any atom is -0.457 e. The molecule has 10 heteroatoms. The summed E-state index contributed by atoms with van der Waals surface area (Å²) in [6, 6.07) is 6.08. The molecule has 0 radical (unpaired) electrons. The average molecular weight is 484 g/mol. The summed E-state index contributed by atoms with van der Waals surface area (Å²) in [4.78, 5) is 26.7. The van der Waals surface area contributed by atoms with Gasteiger partial charge in [0.1, 0.15) is 12.9 Å². The summed E-state index contributed by atoms with van der Waals surface area (Å²) < 4.78 is 11.5. The van der Waals surface area contributed by atoms with E-state index in [1.165, 1.54) is 5.01 Å². The van der Waals surface area contributed by atoms with Crippen molar-refractivity contribution in [1.82, 2.24) is 20.0 Å². The zero-order valence-electron chi connectivity index (χ0n) is 21.1. The van der Waals surface area contributed by atoms with Crippen molar-refractivity contribution in [3.8, 4) is 6.01 Å². The van der Waals surface area contributed by atoms with E-state index in [2.05, 4.69) is 35.6 Å². The molecule has 1 saturated heterocycles. The molecular formula is C25H37N7O3. The van der Waals surface area contributed by atoms with Crippen molar-refractivity contribution in [2.75, 3.05) is 38.3 Å². The monoisotopic (exact) mass is 483 g/mol. The lowest BCUT2D eigenvalue weighted by Crippen LogP contribution is -2.43. The van der Waals surface area contributed by atoms with Crippen LogP contribution in [0.5, 0.6) is 6.01 Å². The predicted octanol–water partition coefficient (Wildman–Crippen LogP) is 2.25. The topological polar surface area (TPSA) is 133 Å². The molecule has 0 spiro atoms. The number of nitrogens with two attached hydrogens (primary N) is 2. The van der Waals surface area contributed by atoms with Gasteiger partial charge >= 0.3 is 6.01 Å². The summed E-state index contributed by atoms with van der Waals surface area (Å²) >= 11 is 0. The van der Waals surface area contributed by atoms with E-state index >= 15 is 0 Å². The Morgan fingerprint density at radius 1 is 1.34 bits per heavy atom. The number of hydrazine groups is 1. The molecule has 0 aliphatic carbocycles. The number of likely N-dealkylation sites (N-methyl/N-ethyl adjacent to an activating group) is 1. The number of hydrogen-bond acceptors (Lipinski definition) is 10. The SMILES string of the molecule is CCc1nc(/C(N)=C(\COc2nccc(C(C)CC)n2)N(C)N)ccc1N1CCOC(CC=O)C1. The first-order valence-electron chi connectivity index (χ1n) is 12.1. The molecule has 0 amide bonds. The number of nitrogens with zero attached hydrogens (tertiary/aromatic N) is 5. The number of morpholine rings is 1. The third kappa shape index (κ3) is 6.67. The highest BCUT2D eigenvalue weighted by Gasteiger charge is 2.23. The first-order chi connectivity index (χ1) is 16.9. The molecular weight excluding hydrogens is 446 g/mol. The van der Waals surface area contributed by atoms with Gasteiger partial charge < -0.3 is 29.9 Å². The average Bonchev–Trinajstić information content (AvgIpc) is 2.88. The molecule has 0 saturated carbocycles. The van der Waals surface area contributed by atoms with Gasteiger partial charge in [-0.3, -0.25) is 0 Å². The van der Waals surface area contributed by atoms with E-state index in [9.17, 15) is 4.79 Å². The second kappa shape index (κ2) is 12.5. The molecule has 1 aliphatic heterocycles. The Morgan fingerprint density at radius 2 is 2.14 bits per heavy atom. The molecule has 10 nitrogen and oxygen atoms in total. The molecule has 1 aliphatic rings. The normalized spacial score (nSPS) is 17.5. The van der Waals surface area contributed by atoms with Crippen molar-refractivity contribution in [3.63, 3.8) is 0 Å². The first kappa shape index (κ1) is 26.4. The van der Waals surface area contributed by atoms with Gasteiger partial charge in [-0.2, -0.15) is 4.98 Å². The maximum absolute atomic E-state index is 10.9. The van der Waals surface area contributed by atoms with Crippen molar-refractivity contribution in [2.45, 2.75) is 52.1 Å². The second-order valence-electron chi connectivity index (χ2n) is 8.69. The fourth-order valence-corrected chi connectivity index (χ4v) is 3.94. The van der Waals surface area contributed by atoms with E-state index in [1.54, 1.807) is 13.2 Å². The van der Waals surface area contributed by atoms with Crippen LogP contribution >= 0.6 is 0 Å². The van der Waals surface area contributed by atoms with Gasteiger partial charge in [0.15, 0.2) is 0 Å². The number of carbonyl (C=O) groups excluding carboxylic acids is 1. The van der Waals surface area contributed by atoms with Crippen LogP contribution in [0.2, 0.25) is 0 Å². The van der Waals surface area contributed by atoms with Gasteiger partial charge in [-0.25, -0.2) is 15.8 Å². The number of carbonyl (C=O) groups is 1. The predicted molar refractivity (Wildman–Crippen MR) is 136 cm³/mol. The Labute approximate surface area is 207 Å². The van der Waals surface area contributed by atoms with Crippen molar-refractivity contribution < 1.29 is 14.3 Å². The standard InChI is InChI=1S/C25H37N7O3/c1-5-17(3)20-9-11-28-25(30-20)35-16-23(31(4)27)24(26)21-7-8-22(19(6-2)29-21)32-12-14-34-18(15-32)10-13-33/h7-9,11,13,17-18H,5-6,10,12,14-16,26-27H2,1-4H3/b24-23-. The largest absolute Gasteiger partial charge is 0.457 e. The molecule has 4 N–H and O–H groups in total. The summed E-state index contributed by atoms with van der Waals surface area (Å²) in [5.41, 5.74) is 11.0. The fourth-order valence-electron chi connectivity index (χ4n) is 3.94. The summed E-state index contributed by atoms with van der Waals surface area (Å²) in [6.45, 7) is 8.36. The highest BCUT2D eigenvalue weighted by atomic mass is 16.5. The third-order valence-electron chi connectivity index (χ3n) is 6.25. The number of hydrogen-bond donors (Lipinski definition) is 2. The highest BCUT2D eigenvalue weighted by molar-refractivity contribution is 5.65. The molecule has 2 atom stereocenters. The maximum atomic E-state index is 10.9. The number of aromatic nitrogens is 3. The van der Waals surface area contributed by atoms with Crippen LogP contribution in [0, 0.1) is 0 Å². The summed E-state index contributed by atoms with van der Waals surface area (Å²) in [7, 11) is 1.71. The lowest BCUT2D eigenvalue weighted by molar-refractivity contribution is -0.110. The van der Waals surface area contributed by atoms with Gasteiger partial charge in [-0.05, 0) is 37.0 Å². The van der Waals surface area contributed by atoms with E-state index < -0.39 is 0 Å². The van der Waals surface area contributed by atoms with Crippen LogP contribution in [0.25, 0.3) is 5.70 Å². The van der Waals surface area contributed by atoms with Crippen LogP contribution in [0.3, 0.4) is 0 Å². The smallest absolute Gasteiger partial charge is 0.316 e. The molecule has 2 aromatic heterocycles. The number of anilines is 1. The second-order valence-corrected chi connectivity index (χ2v) is 8.69. The minimum atomic E-state index is -0.105. The lowest BCUT2D eigenvalue weighted by Gasteiger charge is -2.34. The molecule has 35 heavy (non-hydrogen) atoms. The summed E-state index contributed by atoms with van der Waals surface area (Å²) in [5.74, 6) is 6.41. The molecule has 3 heterocycles. The molecule has 2 aromatic rings. The van der Waals surface area contributed by atoms with E-state index in [-0.39, 0.29) is 18.7 Å². The van der Waals surface area contributed by atoms with Gasteiger partial charge in [-0.15, -0.1) is 0 Å². The molecule has 190 valence electrons. The van der Waals surface area contributed by atoms with Gasteiger partial charge in [-0.1, -0.05) is 20.8 Å². The lowest BCUT2D eigenvalue weighted by atomic mass is 10.1. The number of pyridine rings is 1. The number of aryl methyl sites for hydroxylation is 1. The Kier molecular flexibility index (Phi) is 9.39.